The van der Waals surface area contributed by atoms with Crippen LogP contribution in [0, 0.1) is 0 Å². The average Bonchev–Trinajstić information content (AvgIpc) is 2.03. The Kier molecular flexibility index (Phi) is 3.66. The van der Waals surface area contributed by atoms with Crippen LogP contribution in [0.5, 0.6) is 5.75 Å². The Morgan fingerprint density at radius 1 is 1.31 bits per heavy atom. The quantitative estimate of drug-likeness (QED) is 0.738. The van der Waals surface area contributed by atoms with Crippen LogP contribution in [0.2, 0.25) is 0 Å². The smallest absolute Gasteiger partial charge is 0.422 e. The maximum atomic E-state index is 10.8. The van der Waals surface area contributed by atoms with Crippen LogP contribution in [0.1, 0.15) is 12.5 Å². The molecule has 0 aliphatic carbocycles. The van der Waals surface area contributed by atoms with Crippen LogP contribution in [0.3, 0.4) is 0 Å². The van der Waals surface area contributed by atoms with Crippen molar-refractivity contribution in [2.24, 2.45) is 0 Å². The van der Waals surface area contributed by atoms with Crippen LogP contribution in [0.25, 0.3) is 0 Å². The van der Waals surface area contributed by atoms with Crippen molar-refractivity contribution in [3.8, 4) is 5.75 Å². The van der Waals surface area contributed by atoms with Gasteiger partial charge < -0.3 is 4.52 Å². The summed E-state index contributed by atoms with van der Waals surface area (Å²) in [5, 5.41) is 0. The normalized spacial score (nSPS) is 11.3. The molecule has 1 aromatic rings. The summed E-state index contributed by atoms with van der Waals surface area (Å²) in [7, 11) is 0. The van der Waals surface area contributed by atoms with E-state index >= 15 is 0 Å². The van der Waals surface area contributed by atoms with Gasteiger partial charge in [0.05, 0.1) is 0 Å². The number of rotatable bonds is 3. The van der Waals surface area contributed by atoms with Gasteiger partial charge in [0.25, 0.3) is 0 Å². The number of aryl methyl sites for hydroxylation is 1. The highest BCUT2D eigenvalue weighted by Crippen LogP contribution is 2.57. The second kappa shape index (κ2) is 4.36. The first-order valence-electron chi connectivity index (χ1n) is 3.79. The molecule has 0 unspecified atom stereocenters. The highest BCUT2D eigenvalue weighted by atomic mass is 35.9. The minimum atomic E-state index is -3.47. The lowest BCUT2D eigenvalue weighted by Gasteiger charge is -2.05. The van der Waals surface area contributed by atoms with Gasteiger partial charge in [-0.05, 0) is 24.1 Å². The van der Waals surface area contributed by atoms with Gasteiger partial charge in [0.15, 0.2) is 0 Å². The highest BCUT2D eigenvalue weighted by molar-refractivity contribution is 8.05. The molecule has 0 atom stereocenters. The van der Waals surface area contributed by atoms with Gasteiger partial charge in [-0.15, -0.1) is 0 Å². The fourth-order valence-electron chi connectivity index (χ4n) is 0.909. The Labute approximate surface area is 86.8 Å². The molecule has 0 spiro atoms. The molecule has 1 aromatic carbocycles. The van der Waals surface area contributed by atoms with Gasteiger partial charge in [-0.2, -0.15) is 0 Å². The first kappa shape index (κ1) is 10.9. The second-order valence-electron chi connectivity index (χ2n) is 2.50. The summed E-state index contributed by atoms with van der Waals surface area (Å²) in [6, 6.07) is 7.13. The molecule has 0 bridgehead atoms. The van der Waals surface area contributed by atoms with Crippen molar-refractivity contribution < 1.29 is 9.09 Å². The first-order chi connectivity index (χ1) is 6.01. The van der Waals surface area contributed by atoms with E-state index in [-0.39, 0.29) is 0 Å². The van der Waals surface area contributed by atoms with Gasteiger partial charge in [0, 0.05) is 22.5 Å². The summed E-state index contributed by atoms with van der Waals surface area (Å²) in [6.45, 7) is 2.05. The predicted molar refractivity (Wildman–Crippen MR) is 55.8 cm³/mol. The van der Waals surface area contributed by atoms with E-state index < -0.39 is 6.07 Å². The fourth-order valence-corrected chi connectivity index (χ4v) is 1.75. The summed E-state index contributed by atoms with van der Waals surface area (Å²) in [6.07, 6.45) is -2.52. The van der Waals surface area contributed by atoms with E-state index in [9.17, 15) is 4.57 Å². The SMILES string of the molecule is CCc1ccc(OP(=O)(Cl)Cl)cc1. The molecule has 0 saturated carbocycles. The lowest BCUT2D eigenvalue weighted by molar-refractivity contribution is 0.513. The Bertz CT molecular complexity index is 317. The van der Waals surface area contributed by atoms with E-state index in [0.717, 1.165) is 6.42 Å². The van der Waals surface area contributed by atoms with Crippen LogP contribution >= 0.6 is 28.6 Å². The zero-order valence-electron chi connectivity index (χ0n) is 7.04. The standard InChI is InChI=1S/C8H9Cl2O2P/c1-2-7-3-5-8(6-4-7)12-13(9,10)11/h3-6H,2H2,1H3. The van der Waals surface area contributed by atoms with Crippen molar-refractivity contribution in [3.63, 3.8) is 0 Å². The molecule has 5 heteroatoms. The summed E-state index contributed by atoms with van der Waals surface area (Å²) in [5.41, 5.74) is 1.17. The number of hydrogen-bond donors (Lipinski definition) is 0. The molecule has 0 amide bonds. The first-order valence-corrected chi connectivity index (χ1v) is 7.22. The number of benzene rings is 1. The Morgan fingerprint density at radius 3 is 2.23 bits per heavy atom. The molecule has 0 aromatic heterocycles. The molecule has 0 N–H and O–H groups in total. The van der Waals surface area contributed by atoms with Crippen molar-refractivity contribution in [3.05, 3.63) is 29.8 Å². The molecular weight excluding hydrogens is 230 g/mol. The number of halogens is 2. The van der Waals surface area contributed by atoms with E-state index in [1.165, 1.54) is 5.56 Å². The molecule has 0 heterocycles. The van der Waals surface area contributed by atoms with E-state index in [4.69, 9.17) is 27.0 Å². The molecule has 72 valence electrons. The zero-order chi connectivity index (χ0) is 9.90. The van der Waals surface area contributed by atoms with E-state index in [1.807, 2.05) is 19.1 Å². The summed E-state index contributed by atoms with van der Waals surface area (Å²) < 4.78 is 15.6. The third-order valence-corrected chi connectivity index (χ3v) is 2.38. The molecule has 0 aliphatic heterocycles. The molecule has 0 radical (unpaired) electrons. The third-order valence-electron chi connectivity index (χ3n) is 1.54. The van der Waals surface area contributed by atoms with Gasteiger partial charge >= 0.3 is 6.07 Å². The van der Waals surface area contributed by atoms with E-state index in [2.05, 4.69) is 0 Å². The summed E-state index contributed by atoms with van der Waals surface area (Å²) in [4.78, 5) is 0. The second-order valence-corrected chi connectivity index (χ2v) is 6.70. The van der Waals surface area contributed by atoms with Gasteiger partial charge in [0.2, 0.25) is 0 Å². The lowest BCUT2D eigenvalue weighted by atomic mass is 10.2. The van der Waals surface area contributed by atoms with Crippen molar-refractivity contribution in [2.75, 3.05) is 0 Å². The monoisotopic (exact) mass is 238 g/mol. The Balaban J connectivity index is 2.76. The molecular formula is C8H9Cl2O2P. The fraction of sp³-hybridized carbons (Fsp3) is 0.250. The van der Waals surface area contributed by atoms with Crippen molar-refractivity contribution in [2.45, 2.75) is 13.3 Å². The van der Waals surface area contributed by atoms with Crippen LogP contribution in [0.15, 0.2) is 24.3 Å². The maximum Gasteiger partial charge on any atom is 0.428 e. The molecule has 2 nitrogen and oxygen atoms in total. The number of hydrogen-bond acceptors (Lipinski definition) is 2. The highest BCUT2D eigenvalue weighted by Gasteiger charge is 2.15. The maximum absolute atomic E-state index is 10.8. The Hall–Kier alpha value is -0.170. The topological polar surface area (TPSA) is 26.3 Å². The van der Waals surface area contributed by atoms with Crippen LogP contribution in [-0.4, -0.2) is 0 Å². The van der Waals surface area contributed by atoms with Crippen LogP contribution in [0.4, 0.5) is 0 Å². The summed E-state index contributed by atoms with van der Waals surface area (Å²) >= 11 is 10.5. The van der Waals surface area contributed by atoms with Crippen molar-refractivity contribution in [1.82, 2.24) is 0 Å². The Morgan fingerprint density at radius 2 is 1.85 bits per heavy atom. The van der Waals surface area contributed by atoms with Crippen molar-refractivity contribution >= 4 is 28.6 Å². The minimum Gasteiger partial charge on any atom is -0.422 e. The van der Waals surface area contributed by atoms with Gasteiger partial charge in [-0.3, -0.25) is 0 Å². The van der Waals surface area contributed by atoms with E-state index in [0.29, 0.717) is 5.75 Å². The molecule has 0 saturated heterocycles. The van der Waals surface area contributed by atoms with E-state index in [1.54, 1.807) is 12.1 Å². The van der Waals surface area contributed by atoms with Gasteiger partial charge in [0.1, 0.15) is 5.75 Å². The minimum absolute atomic E-state index is 0.422. The molecule has 0 fully saturated rings. The van der Waals surface area contributed by atoms with Gasteiger partial charge in [-0.25, -0.2) is 4.57 Å². The van der Waals surface area contributed by atoms with Crippen LogP contribution in [-0.2, 0) is 11.0 Å². The third kappa shape index (κ3) is 4.04. The summed E-state index contributed by atoms with van der Waals surface area (Å²) in [5.74, 6) is 0.422. The average molecular weight is 239 g/mol. The lowest BCUT2D eigenvalue weighted by Crippen LogP contribution is -1.83. The predicted octanol–water partition coefficient (Wildman–Crippen LogP) is 4.21. The molecule has 13 heavy (non-hydrogen) atoms. The molecule has 0 aliphatic rings. The largest absolute Gasteiger partial charge is 0.428 e. The zero-order valence-corrected chi connectivity index (χ0v) is 9.44. The van der Waals surface area contributed by atoms with Crippen LogP contribution < -0.4 is 4.52 Å². The van der Waals surface area contributed by atoms with Crippen molar-refractivity contribution in [1.29, 1.82) is 0 Å². The molecule has 1 rings (SSSR count). The van der Waals surface area contributed by atoms with Gasteiger partial charge in [-0.1, -0.05) is 19.1 Å².